The van der Waals surface area contributed by atoms with Gasteiger partial charge in [0.1, 0.15) is 5.82 Å². The molecule has 0 spiro atoms. The van der Waals surface area contributed by atoms with E-state index in [4.69, 9.17) is 5.11 Å². The Hall–Kier alpha value is -1.01. The van der Waals surface area contributed by atoms with Crippen LogP contribution in [-0.2, 0) is 13.2 Å². The standard InChI is InChI=1S/C15H23FN2O2/c1-12(20)9-17-4-6-18(7-5-17)10-14-8-13(11-19)2-3-15(14)16/h2-3,8,12,19-20H,4-7,9-11H2,1H3. The van der Waals surface area contributed by atoms with Gasteiger partial charge in [0.15, 0.2) is 0 Å². The van der Waals surface area contributed by atoms with Crippen LogP contribution in [0.4, 0.5) is 4.39 Å². The molecule has 1 unspecified atom stereocenters. The van der Waals surface area contributed by atoms with E-state index < -0.39 is 0 Å². The van der Waals surface area contributed by atoms with Crippen molar-refractivity contribution in [2.24, 2.45) is 0 Å². The van der Waals surface area contributed by atoms with Gasteiger partial charge in [0.2, 0.25) is 0 Å². The van der Waals surface area contributed by atoms with Crippen molar-refractivity contribution in [1.82, 2.24) is 9.80 Å². The number of benzene rings is 1. The third-order valence-corrected chi connectivity index (χ3v) is 3.67. The molecule has 1 aromatic rings. The summed E-state index contributed by atoms with van der Waals surface area (Å²) in [6.45, 7) is 6.53. The minimum atomic E-state index is -0.305. The summed E-state index contributed by atoms with van der Waals surface area (Å²) in [5.41, 5.74) is 1.38. The smallest absolute Gasteiger partial charge is 0.127 e. The molecule has 0 aromatic heterocycles. The topological polar surface area (TPSA) is 46.9 Å². The molecule has 1 aliphatic heterocycles. The van der Waals surface area contributed by atoms with Crippen molar-refractivity contribution >= 4 is 0 Å². The molecular formula is C15H23FN2O2. The normalized spacial score (nSPS) is 19.2. The molecule has 2 rings (SSSR count). The van der Waals surface area contributed by atoms with Gasteiger partial charge in [-0.3, -0.25) is 9.80 Å². The lowest BCUT2D eigenvalue weighted by Crippen LogP contribution is -2.47. The van der Waals surface area contributed by atoms with Crippen molar-refractivity contribution in [1.29, 1.82) is 0 Å². The minimum Gasteiger partial charge on any atom is -0.392 e. The number of rotatable bonds is 5. The van der Waals surface area contributed by atoms with E-state index in [1.54, 1.807) is 19.1 Å². The number of nitrogens with zero attached hydrogens (tertiary/aromatic N) is 2. The number of aliphatic hydroxyl groups is 2. The van der Waals surface area contributed by atoms with Crippen LogP contribution in [0.25, 0.3) is 0 Å². The largest absolute Gasteiger partial charge is 0.392 e. The van der Waals surface area contributed by atoms with Crippen molar-refractivity contribution in [2.75, 3.05) is 32.7 Å². The molecule has 1 fully saturated rings. The Morgan fingerprint density at radius 1 is 1.20 bits per heavy atom. The van der Waals surface area contributed by atoms with Gasteiger partial charge < -0.3 is 10.2 Å². The number of β-amino-alcohol motifs (C(OH)–C–C–N with tert-alkyl or cyclic N) is 1. The SMILES string of the molecule is CC(O)CN1CCN(Cc2cc(CO)ccc2F)CC1. The maximum atomic E-state index is 13.8. The zero-order valence-corrected chi connectivity index (χ0v) is 11.9. The van der Waals surface area contributed by atoms with Gasteiger partial charge in [0.05, 0.1) is 12.7 Å². The molecule has 0 amide bonds. The average Bonchev–Trinajstić information content (AvgIpc) is 2.43. The molecule has 1 aliphatic rings. The molecule has 5 heteroatoms. The van der Waals surface area contributed by atoms with Gasteiger partial charge >= 0.3 is 0 Å². The fraction of sp³-hybridized carbons (Fsp3) is 0.600. The molecule has 0 aliphatic carbocycles. The van der Waals surface area contributed by atoms with Crippen LogP contribution in [0, 0.1) is 5.82 Å². The molecule has 1 saturated heterocycles. The van der Waals surface area contributed by atoms with E-state index in [9.17, 15) is 9.50 Å². The first-order chi connectivity index (χ1) is 9.58. The highest BCUT2D eigenvalue weighted by Crippen LogP contribution is 2.15. The Morgan fingerprint density at radius 3 is 2.45 bits per heavy atom. The van der Waals surface area contributed by atoms with Crippen LogP contribution < -0.4 is 0 Å². The lowest BCUT2D eigenvalue weighted by molar-refractivity contribution is 0.0777. The molecule has 0 bridgehead atoms. The first-order valence-electron chi connectivity index (χ1n) is 7.09. The predicted molar refractivity (Wildman–Crippen MR) is 75.7 cm³/mol. The molecule has 0 saturated carbocycles. The minimum absolute atomic E-state index is 0.0601. The van der Waals surface area contributed by atoms with E-state index in [1.807, 2.05) is 0 Å². The highest BCUT2D eigenvalue weighted by Gasteiger charge is 2.18. The summed E-state index contributed by atoms with van der Waals surface area (Å²) in [4.78, 5) is 4.43. The Morgan fingerprint density at radius 2 is 1.85 bits per heavy atom. The van der Waals surface area contributed by atoms with Crippen LogP contribution in [0.5, 0.6) is 0 Å². The second kappa shape index (κ2) is 7.13. The van der Waals surface area contributed by atoms with E-state index >= 15 is 0 Å². The average molecular weight is 282 g/mol. The summed E-state index contributed by atoms with van der Waals surface area (Å²) >= 11 is 0. The van der Waals surface area contributed by atoms with Gasteiger partial charge in [-0.05, 0) is 24.6 Å². The van der Waals surface area contributed by atoms with E-state index in [0.29, 0.717) is 18.7 Å². The zero-order chi connectivity index (χ0) is 14.5. The molecule has 20 heavy (non-hydrogen) atoms. The van der Waals surface area contributed by atoms with Gasteiger partial charge in [-0.1, -0.05) is 6.07 Å². The molecule has 112 valence electrons. The van der Waals surface area contributed by atoms with Gasteiger partial charge in [-0.25, -0.2) is 4.39 Å². The quantitative estimate of drug-likeness (QED) is 0.839. The Kier molecular flexibility index (Phi) is 5.48. The van der Waals surface area contributed by atoms with Gasteiger partial charge in [0, 0.05) is 44.8 Å². The van der Waals surface area contributed by atoms with Crippen LogP contribution in [-0.4, -0.2) is 58.8 Å². The van der Waals surface area contributed by atoms with Crippen molar-refractivity contribution in [3.05, 3.63) is 35.1 Å². The molecule has 1 heterocycles. The van der Waals surface area contributed by atoms with Crippen LogP contribution in [0.3, 0.4) is 0 Å². The van der Waals surface area contributed by atoms with Crippen molar-refractivity contribution in [3.63, 3.8) is 0 Å². The summed E-state index contributed by atoms with van der Waals surface area (Å²) in [6, 6.07) is 4.77. The van der Waals surface area contributed by atoms with Crippen molar-refractivity contribution < 1.29 is 14.6 Å². The van der Waals surface area contributed by atoms with Crippen LogP contribution in [0.2, 0.25) is 0 Å². The Bertz CT molecular complexity index is 432. The molecule has 1 aromatic carbocycles. The number of hydrogen-bond acceptors (Lipinski definition) is 4. The van der Waals surface area contributed by atoms with Crippen molar-refractivity contribution in [2.45, 2.75) is 26.2 Å². The number of hydrogen-bond donors (Lipinski definition) is 2. The highest BCUT2D eigenvalue weighted by atomic mass is 19.1. The molecule has 1 atom stereocenters. The van der Waals surface area contributed by atoms with E-state index in [-0.39, 0.29) is 18.5 Å². The first-order valence-corrected chi connectivity index (χ1v) is 7.09. The van der Waals surface area contributed by atoms with Crippen LogP contribution in [0.1, 0.15) is 18.1 Å². The van der Waals surface area contributed by atoms with Crippen LogP contribution >= 0.6 is 0 Å². The maximum Gasteiger partial charge on any atom is 0.127 e. The molecular weight excluding hydrogens is 259 g/mol. The first kappa shape index (κ1) is 15.4. The second-order valence-electron chi connectivity index (χ2n) is 5.51. The maximum absolute atomic E-state index is 13.8. The van der Waals surface area contributed by atoms with Gasteiger partial charge in [0.25, 0.3) is 0 Å². The van der Waals surface area contributed by atoms with Crippen LogP contribution in [0.15, 0.2) is 18.2 Å². The third kappa shape index (κ3) is 4.24. The number of piperazine rings is 1. The third-order valence-electron chi connectivity index (χ3n) is 3.67. The summed E-state index contributed by atoms with van der Waals surface area (Å²) in [6.07, 6.45) is -0.305. The molecule has 4 nitrogen and oxygen atoms in total. The lowest BCUT2D eigenvalue weighted by Gasteiger charge is -2.35. The summed E-state index contributed by atoms with van der Waals surface area (Å²) in [5.74, 6) is -0.214. The monoisotopic (exact) mass is 282 g/mol. The Balaban J connectivity index is 1.89. The van der Waals surface area contributed by atoms with E-state index in [1.165, 1.54) is 6.07 Å². The number of aliphatic hydroxyl groups excluding tert-OH is 2. The van der Waals surface area contributed by atoms with E-state index in [0.717, 1.165) is 31.7 Å². The fourth-order valence-corrected chi connectivity index (χ4v) is 2.59. The summed E-state index contributed by atoms with van der Waals surface area (Å²) in [5, 5.41) is 18.5. The Labute approximate surface area is 119 Å². The lowest BCUT2D eigenvalue weighted by atomic mass is 10.1. The summed E-state index contributed by atoms with van der Waals surface area (Å²) in [7, 11) is 0. The number of halogens is 1. The molecule has 2 N–H and O–H groups in total. The summed E-state index contributed by atoms with van der Waals surface area (Å²) < 4.78 is 13.8. The van der Waals surface area contributed by atoms with Gasteiger partial charge in [-0.2, -0.15) is 0 Å². The zero-order valence-electron chi connectivity index (χ0n) is 11.9. The predicted octanol–water partition coefficient (Wildman–Crippen LogP) is 0.816. The van der Waals surface area contributed by atoms with Crippen molar-refractivity contribution in [3.8, 4) is 0 Å². The van der Waals surface area contributed by atoms with Gasteiger partial charge in [-0.15, -0.1) is 0 Å². The second-order valence-corrected chi connectivity index (χ2v) is 5.51. The fourth-order valence-electron chi connectivity index (χ4n) is 2.59. The molecule has 0 radical (unpaired) electrons. The highest BCUT2D eigenvalue weighted by molar-refractivity contribution is 5.24. The van der Waals surface area contributed by atoms with E-state index in [2.05, 4.69) is 9.80 Å².